The van der Waals surface area contributed by atoms with Crippen molar-refractivity contribution in [1.82, 2.24) is 4.98 Å². The van der Waals surface area contributed by atoms with Gasteiger partial charge in [-0.1, -0.05) is 59.8 Å². The van der Waals surface area contributed by atoms with Crippen molar-refractivity contribution in [1.29, 1.82) is 5.41 Å². The minimum Gasteiger partial charge on any atom is -0.378 e. The number of aromatic amines is 1. The quantitative estimate of drug-likeness (QED) is 0.375. The number of hydrogen-bond acceptors (Lipinski definition) is 2. The van der Waals surface area contributed by atoms with E-state index in [1.807, 2.05) is 18.2 Å². The van der Waals surface area contributed by atoms with Gasteiger partial charge in [-0.25, -0.2) is 0 Å². The maximum atomic E-state index is 7.57. The number of thioether (sulfide) groups is 1. The predicted octanol–water partition coefficient (Wildman–Crippen LogP) is 4.13. The Bertz CT molecular complexity index is 772. The van der Waals surface area contributed by atoms with E-state index >= 15 is 0 Å². The van der Waals surface area contributed by atoms with Crippen molar-refractivity contribution >= 4 is 27.8 Å². The number of nitrogens with one attached hydrogen (secondary N) is 2. The highest BCUT2D eigenvalue weighted by molar-refractivity contribution is 8.14. The highest BCUT2D eigenvalue weighted by atomic mass is 32.2. The molecule has 3 rings (SSSR count). The van der Waals surface area contributed by atoms with Crippen molar-refractivity contribution in [2.75, 3.05) is 0 Å². The zero-order valence-electron chi connectivity index (χ0n) is 11.1. The maximum absolute atomic E-state index is 7.57. The number of amidine groups is 1. The van der Waals surface area contributed by atoms with Gasteiger partial charge in [0.15, 0.2) is 5.17 Å². The average molecular weight is 281 g/mol. The van der Waals surface area contributed by atoms with E-state index in [0.717, 1.165) is 27.1 Å². The van der Waals surface area contributed by atoms with Crippen LogP contribution in [0.3, 0.4) is 0 Å². The van der Waals surface area contributed by atoms with Gasteiger partial charge in [0.25, 0.3) is 0 Å². The Morgan fingerprint density at radius 3 is 2.50 bits per heavy atom. The molecule has 0 unspecified atom stereocenters. The lowest BCUT2D eigenvalue weighted by molar-refractivity contribution is 1.38. The first-order chi connectivity index (χ1) is 9.65. The third-order valence-electron chi connectivity index (χ3n) is 3.21. The molecular weight excluding hydrogens is 266 g/mol. The lowest BCUT2D eigenvalue weighted by atomic mass is 10.1. The highest BCUT2D eigenvalue weighted by Crippen LogP contribution is 2.37. The normalized spacial score (nSPS) is 10.8. The molecule has 3 aromatic rings. The fourth-order valence-corrected chi connectivity index (χ4v) is 3.03. The van der Waals surface area contributed by atoms with Crippen molar-refractivity contribution in [3.05, 3.63) is 54.1 Å². The van der Waals surface area contributed by atoms with Crippen LogP contribution in [0.1, 0.15) is 5.56 Å². The van der Waals surface area contributed by atoms with Crippen LogP contribution in [-0.4, -0.2) is 10.2 Å². The van der Waals surface area contributed by atoms with E-state index in [1.54, 1.807) is 0 Å². The number of H-pyrrole nitrogens is 1. The molecule has 0 aliphatic rings. The summed E-state index contributed by atoms with van der Waals surface area (Å²) in [7, 11) is 0. The van der Waals surface area contributed by atoms with E-state index in [9.17, 15) is 0 Å². The van der Waals surface area contributed by atoms with Crippen LogP contribution >= 0.6 is 11.8 Å². The molecule has 0 aliphatic carbocycles. The molecule has 3 nitrogen and oxygen atoms in total. The molecule has 1 heterocycles. The van der Waals surface area contributed by atoms with Crippen molar-refractivity contribution in [2.24, 2.45) is 5.73 Å². The molecule has 2 aromatic carbocycles. The van der Waals surface area contributed by atoms with Crippen LogP contribution < -0.4 is 5.73 Å². The summed E-state index contributed by atoms with van der Waals surface area (Å²) in [6.45, 7) is 2.07. The molecule has 20 heavy (non-hydrogen) atoms. The molecule has 0 saturated carbocycles. The molecular formula is C16H15N3S. The largest absolute Gasteiger partial charge is 0.378 e. The zero-order valence-corrected chi connectivity index (χ0v) is 11.9. The zero-order chi connectivity index (χ0) is 14.1. The molecule has 0 fully saturated rings. The van der Waals surface area contributed by atoms with Crippen molar-refractivity contribution < 1.29 is 0 Å². The Hall–Kier alpha value is -2.20. The van der Waals surface area contributed by atoms with Crippen LogP contribution in [0.25, 0.3) is 22.2 Å². The summed E-state index contributed by atoms with van der Waals surface area (Å²) < 4.78 is 0. The number of para-hydroxylation sites is 1. The SMILES string of the molecule is Cc1ccc(-c2[nH]c3ccccc3c2SC(=N)N)cc1. The first-order valence-electron chi connectivity index (χ1n) is 6.35. The minimum absolute atomic E-state index is 0.100. The van der Waals surface area contributed by atoms with E-state index < -0.39 is 0 Å². The molecule has 100 valence electrons. The van der Waals surface area contributed by atoms with Crippen LogP contribution in [0, 0.1) is 12.3 Å². The predicted molar refractivity (Wildman–Crippen MR) is 86.2 cm³/mol. The third-order valence-corrected chi connectivity index (χ3v) is 4.06. The minimum atomic E-state index is 0.100. The Kier molecular flexibility index (Phi) is 3.24. The molecule has 0 aliphatic heterocycles. The van der Waals surface area contributed by atoms with Crippen LogP contribution in [0.2, 0.25) is 0 Å². The first kappa shape index (κ1) is 12.8. The molecule has 0 amide bonds. The van der Waals surface area contributed by atoms with Gasteiger partial charge in [0.1, 0.15) is 0 Å². The molecule has 0 spiro atoms. The topological polar surface area (TPSA) is 65.7 Å². The van der Waals surface area contributed by atoms with Gasteiger partial charge >= 0.3 is 0 Å². The highest BCUT2D eigenvalue weighted by Gasteiger charge is 2.14. The molecule has 1 aromatic heterocycles. The van der Waals surface area contributed by atoms with Crippen LogP contribution in [-0.2, 0) is 0 Å². The number of rotatable bonds is 2. The van der Waals surface area contributed by atoms with Gasteiger partial charge in [0.05, 0.1) is 5.69 Å². The number of nitrogens with two attached hydrogens (primary N) is 1. The molecule has 0 saturated heterocycles. The molecule has 0 radical (unpaired) electrons. The molecule has 4 heteroatoms. The number of hydrogen-bond donors (Lipinski definition) is 3. The summed E-state index contributed by atoms with van der Waals surface area (Å²) >= 11 is 1.29. The summed E-state index contributed by atoms with van der Waals surface area (Å²) in [6.07, 6.45) is 0. The number of fused-ring (bicyclic) bond motifs is 1. The Morgan fingerprint density at radius 2 is 1.80 bits per heavy atom. The van der Waals surface area contributed by atoms with Gasteiger partial charge in [-0.05, 0) is 18.6 Å². The fourth-order valence-electron chi connectivity index (χ4n) is 2.26. The van der Waals surface area contributed by atoms with E-state index in [2.05, 4.69) is 42.2 Å². The molecule has 0 atom stereocenters. The number of benzene rings is 2. The number of aromatic nitrogens is 1. The maximum Gasteiger partial charge on any atom is 0.156 e. The van der Waals surface area contributed by atoms with Crippen molar-refractivity contribution in [2.45, 2.75) is 11.8 Å². The van der Waals surface area contributed by atoms with E-state index in [1.165, 1.54) is 17.3 Å². The van der Waals surface area contributed by atoms with Gasteiger partial charge in [-0.2, -0.15) is 0 Å². The summed E-state index contributed by atoms with van der Waals surface area (Å²) in [6, 6.07) is 16.4. The van der Waals surface area contributed by atoms with Gasteiger partial charge in [-0.3, -0.25) is 5.41 Å². The summed E-state index contributed by atoms with van der Waals surface area (Å²) in [5.41, 5.74) is 9.99. The Balaban J connectivity index is 2.23. The van der Waals surface area contributed by atoms with Gasteiger partial charge in [0.2, 0.25) is 0 Å². The summed E-state index contributed by atoms with van der Waals surface area (Å²) in [4.78, 5) is 4.44. The average Bonchev–Trinajstić information content (AvgIpc) is 2.78. The monoisotopic (exact) mass is 281 g/mol. The first-order valence-corrected chi connectivity index (χ1v) is 7.16. The van der Waals surface area contributed by atoms with Crippen molar-refractivity contribution in [3.8, 4) is 11.3 Å². The summed E-state index contributed by atoms with van der Waals surface area (Å²) in [5.74, 6) is 0. The Labute approximate surface area is 121 Å². The van der Waals surface area contributed by atoms with Gasteiger partial charge in [-0.15, -0.1) is 0 Å². The van der Waals surface area contributed by atoms with E-state index in [-0.39, 0.29) is 5.17 Å². The standard InChI is InChI=1S/C16H15N3S/c1-10-6-8-11(9-7-10)14-15(20-16(17)18)12-4-2-3-5-13(12)19-14/h2-9,19H,1H3,(H3,17,18). The van der Waals surface area contributed by atoms with Gasteiger partial charge < -0.3 is 10.7 Å². The van der Waals surface area contributed by atoms with Gasteiger partial charge in [0, 0.05) is 15.8 Å². The second-order valence-corrected chi connectivity index (χ2v) is 5.76. The Morgan fingerprint density at radius 1 is 1.10 bits per heavy atom. The second kappa shape index (κ2) is 5.06. The van der Waals surface area contributed by atoms with Crippen LogP contribution in [0.4, 0.5) is 0 Å². The third kappa shape index (κ3) is 2.30. The molecule has 4 N–H and O–H groups in total. The second-order valence-electron chi connectivity index (χ2n) is 4.71. The van der Waals surface area contributed by atoms with Crippen LogP contribution in [0.15, 0.2) is 53.4 Å². The van der Waals surface area contributed by atoms with E-state index in [0.29, 0.717) is 0 Å². The number of aryl methyl sites for hydroxylation is 1. The molecule has 0 bridgehead atoms. The van der Waals surface area contributed by atoms with Crippen molar-refractivity contribution in [3.63, 3.8) is 0 Å². The lowest BCUT2D eigenvalue weighted by Crippen LogP contribution is -2.03. The fraction of sp³-hybridized carbons (Fsp3) is 0.0625. The lowest BCUT2D eigenvalue weighted by Gasteiger charge is -2.04. The van der Waals surface area contributed by atoms with Crippen LogP contribution in [0.5, 0.6) is 0 Å². The van der Waals surface area contributed by atoms with E-state index in [4.69, 9.17) is 11.1 Å². The summed E-state index contributed by atoms with van der Waals surface area (Å²) in [5, 5.41) is 8.77. The smallest absolute Gasteiger partial charge is 0.156 e.